The van der Waals surface area contributed by atoms with Gasteiger partial charge in [0.05, 0.1) is 23.9 Å². The second-order valence-corrected chi connectivity index (χ2v) is 8.59. The van der Waals surface area contributed by atoms with E-state index in [-0.39, 0.29) is 23.0 Å². The lowest BCUT2D eigenvalue weighted by molar-refractivity contribution is 0.0878. The molecule has 0 fully saturated rings. The van der Waals surface area contributed by atoms with Gasteiger partial charge in [0.1, 0.15) is 23.8 Å². The first-order valence-corrected chi connectivity index (χ1v) is 11.2. The Balaban J connectivity index is 1.91. The lowest BCUT2D eigenvalue weighted by Crippen LogP contribution is -2.44. The Morgan fingerprint density at radius 2 is 2.00 bits per heavy atom. The van der Waals surface area contributed by atoms with Crippen LogP contribution in [0.25, 0.3) is 11.3 Å². The summed E-state index contributed by atoms with van der Waals surface area (Å²) in [5, 5.41) is 3.83. The van der Waals surface area contributed by atoms with Crippen LogP contribution >= 0.6 is 23.2 Å². The van der Waals surface area contributed by atoms with Crippen molar-refractivity contribution in [3.05, 3.63) is 70.2 Å². The second kappa shape index (κ2) is 11.4. The lowest BCUT2D eigenvalue weighted by Gasteiger charge is -2.28. The molecule has 10 heteroatoms. The number of nitrogens with zero attached hydrogens (tertiary/aromatic N) is 2. The molecule has 1 amide bonds. The molecule has 3 aromatic rings. The smallest absolute Gasteiger partial charge is 0.257 e. The maximum absolute atomic E-state index is 13.3. The van der Waals surface area contributed by atoms with Crippen molar-refractivity contribution in [3.8, 4) is 17.1 Å². The molecule has 34 heavy (non-hydrogen) atoms. The van der Waals surface area contributed by atoms with Crippen molar-refractivity contribution < 1.29 is 18.3 Å². The van der Waals surface area contributed by atoms with Gasteiger partial charge < -0.3 is 20.2 Å². The van der Waals surface area contributed by atoms with Crippen LogP contribution in [0.5, 0.6) is 5.75 Å². The van der Waals surface area contributed by atoms with Crippen LogP contribution in [-0.4, -0.2) is 37.1 Å². The third-order valence-corrected chi connectivity index (χ3v) is 5.77. The number of benzene rings is 2. The van der Waals surface area contributed by atoms with Gasteiger partial charge in [-0.1, -0.05) is 29.3 Å². The average Bonchev–Trinajstić information content (AvgIpc) is 3.33. The van der Waals surface area contributed by atoms with E-state index in [1.807, 2.05) is 12.1 Å². The van der Waals surface area contributed by atoms with Crippen LogP contribution in [0, 0.1) is 0 Å². The van der Waals surface area contributed by atoms with E-state index in [1.54, 1.807) is 43.5 Å². The topological polar surface area (TPSA) is 103 Å². The molecule has 0 spiro atoms. The van der Waals surface area contributed by atoms with Crippen LogP contribution in [0.15, 0.2) is 58.1 Å². The normalized spacial score (nSPS) is 13.4. The summed E-state index contributed by atoms with van der Waals surface area (Å²) in [6.45, 7) is 1.25. The Morgan fingerprint density at radius 3 is 2.68 bits per heavy atom. The van der Waals surface area contributed by atoms with E-state index < -0.39 is 18.1 Å². The van der Waals surface area contributed by atoms with Gasteiger partial charge in [-0.3, -0.25) is 9.79 Å². The molecule has 1 heterocycles. The predicted molar refractivity (Wildman–Crippen MR) is 131 cm³/mol. The fraction of sp³-hybridized carbons (Fsp3) is 0.292. The van der Waals surface area contributed by atoms with Crippen LogP contribution < -0.4 is 15.8 Å². The molecule has 7 nitrogen and oxygen atoms in total. The summed E-state index contributed by atoms with van der Waals surface area (Å²) in [4.78, 5) is 21.7. The van der Waals surface area contributed by atoms with E-state index in [9.17, 15) is 9.18 Å². The van der Waals surface area contributed by atoms with Crippen LogP contribution in [0.4, 0.5) is 4.39 Å². The molecule has 2 aromatic carbocycles. The van der Waals surface area contributed by atoms with Crippen LogP contribution in [0.2, 0.25) is 10.0 Å². The lowest BCUT2D eigenvalue weighted by atomic mass is 9.94. The van der Waals surface area contributed by atoms with Gasteiger partial charge in [0.25, 0.3) is 5.91 Å². The van der Waals surface area contributed by atoms with Crippen molar-refractivity contribution >= 4 is 34.9 Å². The molecule has 0 aliphatic heterocycles. The fourth-order valence-corrected chi connectivity index (χ4v) is 3.78. The van der Waals surface area contributed by atoms with E-state index in [0.717, 1.165) is 5.56 Å². The summed E-state index contributed by atoms with van der Waals surface area (Å²) in [6, 6.07) is 12.1. The highest BCUT2D eigenvalue weighted by molar-refractivity contribution is 6.34. The number of aliphatic imine (C=N–C) groups is 1. The molecule has 1 aromatic heterocycles. The van der Waals surface area contributed by atoms with Crippen LogP contribution in [0.1, 0.15) is 36.0 Å². The van der Waals surface area contributed by atoms with Gasteiger partial charge in [-0.25, -0.2) is 9.37 Å². The van der Waals surface area contributed by atoms with Crippen molar-refractivity contribution in [1.82, 2.24) is 10.3 Å². The zero-order chi connectivity index (χ0) is 24.7. The number of nitrogens with two attached hydrogens (primary N) is 1. The van der Waals surface area contributed by atoms with Crippen molar-refractivity contribution in [2.75, 3.05) is 20.3 Å². The molecule has 0 bridgehead atoms. The van der Waals surface area contributed by atoms with E-state index >= 15 is 0 Å². The first-order valence-electron chi connectivity index (χ1n) is 10.5. The number of rotatable bonds is 10. The Morgan fingerprint density at radius 1 is 1.26 bits per heavy atom. The number of amides is 1. The number of nitrogens with one attached hydrogen (secondary N) is 1. The number of methoxy groups -OCH3 is 1. The Bertz CT molecular complexity index is 1170. The second-order valence-electron chi connectivity index (χ2n) is 7.75. The first-order chi connectivity index (χ1) is 16.3. The number of halogens is 3. The fourth-order valence-electron chi connectivity index (χ4n) is 3.41. The molecule has 0 radical (unpaired) electrons. The van der Waals surface area contributed by atoms with Crippen molar-refractivity contribution in [2.24, 2.45) is 10.7 Å². The largest absolute Gasteiger partial charge is 0.496 e. The zero-order valence-electron chi connectivity index (χ0n) is 18.8. The molecular formula is C24H25Cl2FN4O3. The van der Waals surface area contributed by atoms with Gasteiger partial charge >= 0.3 is 0 Å². The third kappa shape index (κ3) is 6.07. The predicted octanol–water partition coefficient (Wildman–Crippen LogP) is 5.41. The number of carbonyl (C=O) groups is 1. The molecule has 0 unspecified atom stereocenters. The summed E-state index contributed by atoms with van der Waals surface area (Å²) in [6.07, 6.45) is 2.45. The first kappa shape index (κ1) is 25.5. The molecular weight excluding hydrogens is 482 g/mol. The summed E-state index contributed by atoms with van der Waals surface area (Å²) >= 11 is 12.3. The van der Waals surface area contributed by atoms with Gasteiger partial charge in [-0.05, 0) is 56.2 Å². The van der Waals surface area contributed by atoms with Crippen molar-refractivity contribution in [3.63, 3.8) is 0 Å². The van der Waals surface area contributed by atoms with Crippen molar-refractivity contribution in [1.29, 1.82) is 0 Å². The SMILES string of the molecule is COc1cccc(Cl)c1C(=O)N[C@](C)(CCCN=C(N)CF)c1ncc(-c2ccc(Cl)cc2)o1. The summed E-state index contributed by atoms with van der Waals surface area (Å²) in [7, 11) is 1.46. The molecule has 3 N–H and O–H groups in total. The summed E-state index contributed by atoms with van der Waals surface area (Å²) < 4.78 is 24.0. The minimum atomic E-state index is -1.04. The van der Waals surface area contributed by atoms with Crippen LogP contribution in [0.3, 0.4) is 0 Å². The van der Waals surface area contributed by atoms with Crippen LogP contribution in [-0.2, 0) is 5.54 Å². The monoisotopic (exact) mass is 506 g/mol. The highest BCUT2D eigenvalue weighted by Crippen LogP contribution is 2.32. The molecule has 3 rings (SSSR count). The number of amidine groups is 1. The van der Waals surface area contributed by atoms with Gasteiger partial charge in [-0.2, -0.15) is 0 Å². The number of ether oxygens (including phenoxy) is 1. The zero-order valence-corrected chi connectivity index (χ0v) is 20.3. The Hall–Kier alpha value is -3.10. The molecule has 0 saturated carbocycles. The Labute approximate surface area is 207 Å². The van der Waals surface area contributed by atoms with Gasteiger partial charge in [-0.15, -0.1) is 0 Å². The summed E-state index contributed by atoms with van der Waals surface area (Å²) in [5.41, 5.74) is 5.40. The van der Waals surface area contributed by atoms with Gasteiger partial charge in [0.2, 0.25) is 5.89 Å². The van der Waals surface area contributed by atoms with E-state index in [0.29, 0.717) is 35.3 Å². The maximum Gasteiger partial charge on any atom is 0.257 e. The standard InChI is InChI=1S/C24H25Cl2FN4O3/c1-24(11-4-12-29-20(28)13-27,31-22(32)21-17(26)5-3-6-18(21)33-2)23-30-14-19(34-23)15-7-9-16(25)10-8-15/h3,5-10,14H,4,11-13H2,1-2H3,(H2,28,29)(H,31,32)/t24-/m1/s1. The quantitative estimate of drug-likeness (QED) is 0.217. The number of aromatic nitrogens is 1. The molecule has 0 aliphatic rings. The highest BCUT2D eigenvalue weighted by atomic mass is 35.5. The molecule has 0 saturated heterocycles. The van der Waals surface area contributed by atoms with Gasteiger partial charge in [0, 0.05) is 17.1 Å². The molecule has 0 aliphatic carbocycles. The Kier molecular flexibility index (Phi) is 8.52. The minimum absolute atomic E-state index is 0.0762. The highest BCUT2D eigenvalue weighted by Gasteiger charge is 2.35. The number of oxazole rings is 1. The van der Waals surface area contributed by atoms with E-state index in [1.165, 1.54) is 7.11 Å². The number of hydrogen-bond donors (Lipinski definition) is 2. The van der Waals surface area contributed by atoms with Gasteiger partial charge in [0.15, 0.2) is 5.76 Å². The number of carbonyl (C=O) groups excluding carboxylic acids is 1. The molecule has 1 atom stereocenters. The maximum atomic E-state index is 13.3. The van der Waals surface area contributed by atoms with E-state index in [4.69, 9.17) is 38.1 Å². The third-order valence-electron chi connectivity index (χ3n) is 5.20. The molecule has 180 valence electrons. The minimum Gasteiger partial charge on any atom is -0.496 e. The average molecular weight is 507 g/mol. The number of alkyl halides is 1. The van der Waals surface area contributed by atoms with Crippen molar-refractivity contribution in [2.45, 2.75) is 25.3 Å². The van der Waals surface area contributed by atoms with E-state index in [2.05, 4.69) is 15.3 Å². The summed E-state index contributed by atoms with van der Waals surface area (Å²) in [5.74, 6) is 0.610. The number of hydrogen-bond acceptors (Lipinski definition) is 5.